The molecule has 0 saturated carbocycles. The van der Waals surface area contributed by atoms with E-state index in [0.29, 0.717) is 5.75 Å². The van der Waals surface area contributed by atoms with Crippen LogP contribution in [-0.4, -0.2) is 10.1 Å². The van der Waals surface area contributed by atoms with Crippen molar-refractivity contribution in [1.29, 1.82) is 0 Å². The Kier molecular flexibility index (Phi) is 3.73. The second-order valence-electron chi connectivity index (χ2n) is 4.04. The monoisotopic (exact) mass is 228 g/mol. The van der Waals surface area contributed by atoms with Gasteiger partial charge in [0, 0.05) is 18.8 Å². The van der Waals surface area contributed by atoms with Crippen molar-refractivity contribution in [2.45, 2.75) is 20.0 Å². The van der Waals surface area contributed by atoms with Crippen LogP contribution in [0.2, 0.25) is 0 Å². The average Bonchev–Trinajstić information content (AvgIpc) is 2.29. The minimum atomic E-state index is 0.304. The average molecular weight is 228 g/mol. The highest BCUT2D eigenvalue weighted by Gasteiger charge is 1.96. The first-order valence-electron chi connectivity index (χ1n) is 5.65. The lowest BCUT2D eigenvalue weighted by Crippen LogP contribution is -2.13. The second kappa shape index (κ2) is 5.46. The Bertz CT molecular complexity index is 452. The molecule has 3 nitrogen and oxygen atoms in total. The highest BCUT2D eigenvalue weighted by Crippen LogP contribution is 2.10. The van der Waals surface area contributed by atoms with Crippen molar-refractivity contribution in [2.75, 3.05) is 0 Å². The van der Waals surface area contributed by atoms with E-state index in [1.807, 2.05) is 37.3 Å². The van der Waals surface area contributed by atoms with E-state index in [1.165, 1.54) is 0 Å². The molecule has 0 amide bonds. The zero-order valence-electron chi connectivity index (χ0n) is 9.85. The Balaban J connectivity index is 1.87. The normalized spacial score (nSPS) is 10.4. The number of hydrogen-bond acceptors (Lipinski definition) is 3. The molecule has 17 heavy (non-hydrogen) atoms. The van der Waals surface area contributed by atoms with Gasteiger partial charge in [0.05, 0.1) is 5.69 Å². The number of aryl methyl sites for hydroxylation is 1. The van der Waals surface area contributed by atoms with Gasteiger partial charge in [0.1, 0.15) is 5.75 Å². The molecule has 0 saturated heterocycles. The maximum Gasteiger partial charge on any atom is 0.115 e. The minimum absolute atomic E-state index is 0.304. The highest BCUT2D eigenvalue weighted by molar-refractivity contribution is 5.26. The van der Waals surface area contributed by atoms with Gasteiger partial charge in [-0.1, -0.05) is 18.2 Å². The summed E-state index contributed by atoms with van der Waals surface area (Å²) in [4.78, 5) is 4.41. The van der Waals surface area contributed by atoms with Crippen LogP contribution in [0.1, 0.15) is 17.0 Å². The number of benzene rings is 1. The topological polar surface area (TPSA) is 45.1 Å². The first-order chi connectivity index (χ1) is 8.24. The largest absolute Gasteiger partial charge is 0.508 e. The third-order valence-electron chi connectivity index (χ3n) is 2.49. The fourth-order valence-electron chi connectivity index (χ4n) is 1.70. The third kappa shape index (κ3) is 3.57. The third-order valence-corrected chi connectivity index (χ3v) is 2.49. The molecule has 0 radical (unpaired) electrons. The zero-order chi connectivity index (χ0) is 12.1. The fraction of sp³-hybridized carbons (Fsp3) is 0.214. The molecule has 1 heterocycles. The van der Waals surface area contributed by atoms with Crippen LogP contribution in [0.3, 0.4) is 0 Å². The van der Waals surface area contributed by atoms with Gasteiger partial charge in [-0.2, -0.15) is 0 Å². The van der Waals surface area contributed by atoms with E-state index in [4.69, 9.17) is 0 Å². The predicted octanol–water partition coefficient (Wildman–Crippen LogP) is 2.39. The Morgan fingerprint density at radius 1 is 1.12 bits per heavy atom. The molecular weight excluding hydrogens is 212 g/mol. The summed E-state index contributed by atoms with van der Waals surface area (Å²) in [6, 6.07) is 13.3. The lowest BCUT2D eigenvalue weighted by Gasteiger charge is -2.05. The van der Waals surface area contributed by atoms with Gasteiger partial charge in [0.25, 0.3) is 0 Å². The first kappa shape index (κ1) is 11.6. The summed E-state index contributed by atoms with van der Waals surface area (Å²) >= 11 is 0. The molecule has 88 valence electrons. The van der Waals surface area contributed by atoms with Crippen LogP contribution in [0, 0.1) is 6.92 Å². The Morgan fingerprint density at radius 2 is 1.94 bits per heavy atom. The van der Waals surface area contributed by atoms with Crippen LogP contribution in [0.5, 0.6) is 5.75 Å². The fourth-order valence-corrected chi connectivity index (χ4v) is 1.70. The lowest BCUT2D eigenvalue weighted by atomic mass is 10.2. The molecule has 2 N–H and O–H groups in total. The van der Waals surface area contributed by atoms with Crippen LogP contribution >= 0.6 is 0 Å². The van der Waals surface area contributed by atoms with Gasteiger partial charge in [0.2, 0.25) is 0 Å². The SMILES string of the molecule is Cc1cccc(CNCc2cccc(O)c2)n1. The van der Waals surface area contributed by atoms with Crippen molar-refractivity contribution < 1.29 is 5.11 Å². The van der Waals surface area contributed by atoms with Crippen molar-refractivity contribution in [3.8, 4) is 5.75 Å². The van der Waals surface area contributed by atoms with Crippen LogP contribution in [0.15, 0.2) is 42.5 Å². The minimum Gasteiger partial charge on any atom is -0.508 e. The number of rotatable bonds is 4. The van der Waals surface area contributed by atoms with Crippen molar-refractivity contribution in [1.82, 2.24) is 10.3 Å². The summed E-state index contributed by atoms with van der Waals surface area (Å²) in [5, 5.41) is 12.6. The Labute approximate surface area is 101 Å². The molecule has 0 bridgehead atoms. The summed E-state index contributed by atoms with van der Waals surface area (Å²) in [6.45, 7) is 3.44. The summed E-state index contributed by atoms with van der Waals surface area (Å²) in [5.74, 6) is 0.304. The molecule has 0 unspecified atom stereocenters. The summed E-state index contributed by atoms with van der Waals surface area (Å²) < 4.78 is 0. The van der Waals surface area contributed by atoms with E-state index in [1.54, 1.807) is 12.1 Å². The van der Waals surface area contributed by atoms with Crippen LogP contribution in [0.4, 0.5) is 0 Å². The second-order valence-corrected chi connectivity index (χ2v) is 4.04. The highest BCUT2D eigenvalue weighted by atomic mass is 16.3. The van der Waals surface area contributed by atoms with E-state index in [9.17, 15) is 5.11 Å². The number of phenols is 1. The zero-order valence-corrected chi connectivity index (χ0v) is 9.85. The van der Waals surface area contributed by atoms with Crippen LogP contribution in [-0.2, 0) is 13.1 Å². The maximum absolute atomic E-state index is 9.33. The van der Waals surface area contributed by atoms with Gasteiger partial charge < -0.3 is 10.4 Å². The lowest BCUT2D eigenvalue weighted by molar-refractivity contribution is 0.474. The van der Waals surface area contributed by atoms with E-state index in [-0.39, 0.29) is 0 Å². The molecule has 3 heteroatoms. The maximum atomic E-state index is 9.33. The molecule has 0 aliphatic carbocycles. The van der Waals surface area contributed by atoms with Gasteiger partial charge >= 0.3 is 0 Å². The number of phenolic OH excluding ortho intramolecular Hbond substituents is 1. The standard InChI is InChI=1S/C14H16N2O/c1-11-4-2-6-13(16-11)10-15-9-12-5-3-7-14(17)8-12/h2-8,15,17H,9-10H2,1H3. The quantitative estimate of drug-likeness (QED) is 0.844. The number of aromatic hydroxyl groups is 1. The van der Waals surface area contributed by atoms with E-state index >= 15 is 0 Å². The van der Waals surface area contributed by atoms with E-state index < -0.39 is 0 Å². The van der Waals surface area contributed by atoms with Crippen molar-refractivity contribution >= 4 is 0 Å². The number of nitrogens with one attached hydrogen (secondary N) is 1. The predicted molar refractivity (Wildman–Crippen MR) is 67.6 cm³/mol. The van der Waals surface area contributed by atoms with Crippen molar-refractivity contribution in [3.63, 3.8) is 0 Å². The summed E-state index contributed by atoms with van der Waals surface area (Å²) in [6.07, 6.45) is 0. The molecule has 0 spiro atoms. The molecule has 2 rings (SSSR count). The number of hydrogen-bond donors (Lipinski definition) is 2. The number of pyridine rings is 1. The van der Waals surface area contributed by atoms with E-state index in [0.717, 1.165) is 30.0 Å². The van der Waals surface area contributed by atoms with E-state index in [2.05, 4.69) is 10.3 Å². The molecule has 0 aliphatic rings. The molecule has 1 aromatic heterocycles. The molecular formula is C14H16N2O. The number of nitrogens with zero attached hydrogens (tertiary/aromatic N) is 1. The smallest absolute Gasteiger partial charge is 0.115 e. The molecule has 0 fully saturated rings. The van der Waals surface area contributed by atoms with Gasteiger partial charge in [0.15, 0.2) is 0 Å². The summed E-state index contributed by atoms with van der Waals surface area (Å²) in [5.41, 5.74) is 3.13. The Hall–Kier alpha value is -1.87. The molecule has 0 aliphatic heterocycles. The van der Waals surface area contributed by atoms with Crippen molar-refractivity contribution in [2.24, 2.45) is 0 Å². The van der Waals surface area contributed by atoms with Gasteiger partial charge in [-0.25, -0.2) is 0 Å². The summed E-state index contributed by atoms with van der Waals surface area (Å²) in [7, 11) is 0. The van der Waals surface area contributed by atoms with Gasteiger partial charge in [-0.3, -0.25) is 4.98 Å². The first-order valence-corrected chi connectivity index (χ1v) is 5.65. The molecule has 2 aromatic rings. The molecule has 1 aromatic carbocycles. The van der Waals surface area contributed by atoms with Gasteiger partial charge in [-0.05, 0) is 36.8 Å². The van der Waals surface area contributed by atoms with Gasteiger partial charge in [-0.15, -0.1) is 0 Å². The molecule has 0 atom stereocenters. The van der Waals surface area contributed by atoms with Crippen molar-refractivity contribution in [3.05, 3.63) is 59.4 Å². The van der Waals surface area contributed by atoms with Crippen LogP contribution < -0.4 is 5.32 Å². The van der Waals surface area contributed by atoms with Crippen LogP contribution in [0.25, 0.3) is 0 Å². The number of aromatic nitrogens is 1. The Morgan fingerprint density at radius 3 is 2.71 bits per heavy atom.